The molecule has 2 atom stereocenters. The molecule has 2 fully saturated rings. The summed E-state index contributed by atoms with van der Waals surface area (Å²) in [4.78, 5) is 20.5. The van der Waals surface area contributed by atoms with Crippen molar-refractivity contribution in [2.45, 2.75) is 58.2 Å². The first kappa shape index (κ1) is 20.2. The first-order chi connectivity index (χ1) is 14.0. The Hall–Kier alpha value is -2.08. The maximum atomic E-state index is 12.4. The summed E-state index contributed by atoms with van der Waals surface area (Å²) in [5, 5.41) is 18.0. The summed E-state index contributed by atoms with van der Waals surface area (Å²) in [6, 6.07) is 6.30. The van der Waals surface area contributed by atoms with Crippen LogP contribution in [0.15, 0.2) is 16.9 Å². The van der Waals surface area contributed by atoms with Crippen molar-refractivity contribution in [1.29, 1.82) is 5.26 Å². The first-order valence-electron chi connectivity index (χ1n) is 10.4. The average Bonchev–Trinajstić information content (AvgIpc) is 3.08. The lowest BCUT2D eigenvalue weighted by Crippen LogP contribution is -2.51. The summed E-state index contributed by atoms with van der Waals surface area (Å²) >= 11 is 1.62. The molecule has 154 valence electrons. The monoisotopic (exact) mass is 412 g/mol. The molecule has 29 heavy (non-hydrogen) atoms. The van der Waals surface area contributed by atoms with Gasteiger partial charge in [-0.05, 0) is 64.6 Å². The third-order valence-electron chi connectivity index (χ3n) is 6.14. The number of hydrogen-bond acceptors (Lipinski definition) is 7. The quantitative estimate of drug-likeness (QED) is 0.829. The fraction of sp³-hybridized carbons (Fsp3) is 0.619. The normalized spacial score (nSPS) is 23.8. The van der Waals surface area contributed by atoms with Crippen molar-refractivity contribution in [2.24, 2.45) is 5.92 Å². The zero-order chi connectivity index (χ0) is 20.4. The van der Waals surface area contributed by atoms with E-state index in [9.17, 15) is 4.79 Å². The van der Waals surface area contributed by atoms with E-state index >= 15 is 0 Å². The highest BCUT2D eigenvalue weighted by atomic mass is 32.1. The van der Waals surface area contributed by atoms with Crippen molar-refractivity contribution < 1.29 is 0 Å². The van der Waals surface area contributed by atoms with Crippen LogP contribution in [0.4, 0.5) is 0 Å². The van der Waals surface area contributed by atoms with Gasteiger partial charge in [0, 0.05) is 25.2 Å². The molecular formula is C21H28N6OS. The molecule has 4 heterocycles. The molecule has 0 aliphatic carbocycles. The van der Waals surface area contributed by atoms with Gasteiger partial charge in [-0.3, -0.25) is 9.69 Å². The molecule has 8 heteroatoms. The van der Waals surface area contributed by atoms with Gasteiger partial charge < -0.3 is 5.32 Å². The molecule has 2 aliphatic rings. The van der Waals surface area contributed by atoms with E-state index in [1.165, 1.54) is 0 Å². The number of rotatable bonds is 4. The smallest absolute Gasteiger partial charge is 0.266 e. The number of thiazole rings is 1. The van der Waals surface area contributed by atoms with Crippen molar-refractivity contribution in [3.8, 4) is 16.6 Å². The predicted octanol–water partition coefficient (Wildman–Crippen LogP) is 2.34. The van der Waals surface area contributed by atoms with E-state index in [0.29, 0.717) is 18.5 Å². The van der Waals surface area contributed by atoms with E-state index in [1.54, 1.807) is 22.1 Å². The first-order valence-corrected chi connectivity index (χ1v) is 11.2. The van der Waals surface area contributed by atoms with Crippen molar-refractivity contribution in [3.05, 3.63) is 33.2 Å². The van der Waals surface area contributed by atoms with E-state index < -0.39 is 0 Å². The van der Waals surface area contributed by atoms with Crippen LogP contribution in [0.5, 0.6) is 0 Å². The second kappa shape index (κ2) is 8.74. The number of nitriles is 1. The summed E-state index contributed by atoms with van der Waals surface area (Å²) in [6.45, 7) is 7.67. The summed E-state index contributed by atoms with van der Waals surface area (Å²) in [5.74, 6) is 0.472. The molecule has 1 N–H and O–H groups in total. The molecule has 7 nitrogen and oxygen atoms in total. The standard InChI is InChI=1S/C21H28N6OS/c1-14-21(29-15(2)24-14)19-5-6-20(28)27(25-19)13-16-7-9-26(10-8-16)18-4-3-17(11-22)23-12-18/h5-6,16-18,23H,3-4,7-10,12-13H2,1-2H3. The molecule has 4 rings (SSSR count). The Morgan fingerprint density at radius 2 is 2.03 bits per heavy atom. The van der Waals surface area contributed by atoms with Gasteiger partial charge in [0.2, 0.25) is 0 Å². The summed E-state index contributed by atoms with van der Waals surface area (Å²) in [5.41, 5.74) is 1.78. The largest absolute Gasteiger partial charge is 0.300 e. The maximum absolute atomic E-state index is 12.4. The van der Waals surface area contributed by atoms with Crippen LogP contribution in [0, 0.1) is 31.1 Å². The lowest BCUT2D eigenvalue weighted by Gasteiger charge is -2.40. The Bertz CT molecular complexity index is 945. The maximum Gasteiger partial charge on any atom is 0.266 e. The van der Waals surface area contributed by atoms with Crippen LogP contribution in [0.1, 0.15) is 36.4 Å². The molecule has 2 aromatic rings. The third kappa shape index (κ3) is 4.58. The molecular weight excluding hydrogens is 384 g/mol. The van der Waals surface area contributed by atoms with Gasteiger partial charge in [0.15, 0.2) is 0 Å². The molecule has 0 aromatic carbocycles. The molecule has 2 unspecified atom stereocenters. The van der Waals surface area contributed by atoms with Crippen molar-refractivity contribution >= 4 is 11.3 Å². The summed E-state index contributed by atoms with van der Waals surface area (Å²) in [6.07, 6.45) is 4.18. The lowest BCUT2D eigenvalue weighted by molar-refractivity contribution is 0.103. The number of aryl methyl sites for hydroxylation is 2. The minimum absolute atomic E-state index is 0.0139. The number of aromatic nitrogens is 3. The van der Waals surface area contributed by atoms with Gasteiger partial charge in [-0.15, -0.1) is 11.3 Å². The summed E-state index contributed by atoms with van der Waals surface area (Å²) < 4.78 is 1.64. The van der Waals surface area contributed by atoms with Gasteiger partial charge in [-0.1, -0.05) is 0 Å². The van der Waals surface area contributed by atoms with E-state index in [0.717, 1.165) is 66.6 Å². The molecule has 0 saturated carbocycles. The molecule has 2 aromatic heterocycles. The van der Waals surface area contributed by atoms with Gasteiger partial charge in [-0.2, -0.15) is 10.4 Å². The van der Waals surface area contributed by atoms with Gasteiger partial charge >= 0.3 is 0 Å². The highest BCUT2D eigenvalue weighted by molar-refractivity contribution is 7.15. The molecule has 2 saturated heterocycles. The van der Waals surface area contributed by atoms with Crippen LogP contribution in [-0.4, -0.2) is 51.4 Å². The van der Waals surface area contributed by atoms with Crippen molar-refractivity contribution in [3.63, 3.8) is 0 Å². The Morgan fingerprint density at radius 3 is 2.66 bits per heavy atom. The summed E-state index contributed by atoms with van der Waals surface area (Å²) in [7, 11) is 0. The fourth-order valence-electron chi connectivity index (χ4n) is 4.48. The van der Waals surface area contributed by atoms with Crippen LogP contribution in [0.3, 0.4) is 0 Å². The van der Waals surface area contributed by atoms with E-state index in [2.05, 4.69) is 26.4 Å². The van der Waals surface area contributed by atoms with Gasteiger partial charge in [0.1, 0.15) is 5.69 Å². The lowest BCUT2D eigenvalue weighted by atomic mass is 9.93. The Labute approximate surface area is 175 Å². The Morgan fingerprint density at radius 1 is 1.24 bits per heavy atom. The molecule has 0 bridgehead atoms. The van der Waals surface area contributed by atoms with Crippen LogP contribution < -0.4 is 10.9 Å². The topological polar surface area (TPSA) is 86.8 Å². The zero-order valence-corrected chi connectivity index (χ0v) is 17.9. The number of nitrogens with zero attached hydrogens (tertiary/aromatic N) is 5. The minimum atomic E-state index is -0.0332. The second-order valence-electron chi connectivity index (χ2n) is 8.19. The van der Waals surface area contributed by atoms with E-state index in [-0.39, 0.29) is 11.6 Å². The van der Waals surface area contributed by atoms with Gasteiger partial charge in [0.25, 0.3) is 5.56 Å². The van der Waals surface area contributed by atoms with Gasteiger partial charge in [0.05, 0.1) is 27.7 Å². The predicted molar refractivity (Wildman–Crippen MR) is 114 cm³/mol. The minimum Gasteiger partial charge on any atom is -0.300 e. The Balaban J connectivity index is 1.37. The fourth-order valence-corrected chi connectivity index (χ4v) is 5.36. The molecule has 2 aliphatic heterocycles. The van der Waals surface area contributed by atoms with Crippen LogP contribution >= 0.6 is 11.3 Å². The van der Waals surface area contributed by atoms with E-state index in [1.807, 2.05) is 19.9 Å². The average molecular weight is 413 g/mol. The number of likely N-dealkylation sites (tertiary alicyclic amines) is 1. The number of piperidine rings is 2. The van der Waals surface area contributed by atoms with Crippen LogP contribution in [-0.2, 0) is 6.54 Å². The highest BCUT2D eigenvalue weighted by Gasteiger charge is 2.29. The molecule has 0 amide bonds. The highest BCUT2D eigenvalue weighted by Crippen LogP contribution is 2.28. The number of nitrogens with one attached hydrogen (secondary N) is 1. The van der Waals surface area contributed by atoms with E-state index in [4.69, 9.17) is 5.26 Å². The zero-order valence-electron chi connectivity index (χ0n) is 17.1. The SMILES string of the molecule is Cc1nc(C)c(-c2ccc(=O)n(CC3CCN(C4CCC(C#N)NC4)CC3)n2)s1. The molecule has 0 radical (unpaired) electrons. The van der Waals surface area contributed by atoms with Crippen LogP contribution in [0.2, 0.25) is 0 Å². The van der Waals surface area contributed by atoms with Gasteiger partial charge in [-0.25, -0.2) is 9.67 Å². The van der Waals surface area contributed by atoms with Crippen LogP contribution in [0.25, 0.3) is 10.6 Å². The second-order valence-corrected chi connectivity index (χ2v) is 9.39. The molecule has 0 spiro atoms. The van der Waals surface area contributed by atoms with Crippen molar-refractivity contribution in [2.75, 3.05) is 19.6 Å². The number of hydrogen-bond donors (Lipinski definition) is 1. The Kier molecular flexibility index (Phi) is 6.09. The van der Waals surface area contributed by atoms with Crippen molar-refractivity contribution in [1.82, 2.24) is 25.0 Å². The third-order valence-corrected chi connectivity index (χ3v) is 7.24.